The van der Waals surface area contributed by atoms with Crippen LogP contribution < -0.4 is 5.32 Å². The lowest BCUT2D eigenvalue weighted by atomic mass is 9.85. The van der Waals surface area contributed by atoms with Crippen LogP contribution in [0.15, 0.2) is 18.2 Å². The lowest BCUT2D eigenvalue weighted by Crippen LogP contribution is -2.26. The standard InChI is InChI=1S/C15H23F2N/c1-4-8-18-10-14(11(3)5-2)13-7-6-12(16)9-15(13)17/h6-7,9,11,14,18H,4-5,8,10H2,1-3H3. The predicted molar refractivity (Wildman–Crippen MR) is 71.7 cm³/mol. The molecule has 0 aromatic heterocycles. The Hall–Kier alpha value is -0.960. The van der Waals surface area contributed by atoms with Crippen molar-refractivity contribution in [3.63, 3.8) is 0 Å². The maximum Gasteiger partial charge on any atom is 0.129 e. The van der Waals surface area contributed by atoms with Gasteiger partial charge in [-0.3, -0.25) is 0 Å². The van der Waals surface area contributed by atoms with Crippen molar-refractivity contribution in [3.8, 4) is 0 Å². The molecule has 1 N–H and O–H groups in total. The maximum atomic E-state index is 13.8. The van der Waals surface area contributed by atoms with E-state index >= 15 is 0 Å². The van der Waals surface area contributed by atoms with Crippen LogP contribution in [0, 0.1) is 17.6 Å². The van der Waals surface area contributed by atoms with E-state index in [1.165, 1.54) is 6.07 Å². The van der Waals surface area contributed by atoms with Crippen molar-refractivity contribution in [2.75, 3.05) is 13.1 Å². The molecule has 2 unspecified atom stereocenters. The minimum Gasteiger partial charge on any atom is -0.316 e. The number of nitrogens with one attached hydrogen (secondary N) is 1. The first kappa shape index (κ1) is 15.1. The van der Waals surface area contributed by atoms with Gasteiger partial charge in [-0.25, -0.2) is 8.78 Å². The Labute approximate surface area is 109 Å². The topological polar surface area (TPSA) is 12.0 Å². The van der Waals surface area contributed by atoms with Crippen molar-refractivity contribution in [3.05, 3.63) is 35.4 Å². The number of rotatable bonds is 7. The van der Waals surface area contributed by atoms with Gasteiger partial charge in [-0.2, -0.15) is 0 Å². The van der Waals surface area contributed by atoms with Crippen molar-refractivity contribution in [1.82, 2.24) is 5.32 Å². The SMILES string of the molecule is CCCNCC(c1ccc(F)cc1F)C(C)CC. The first-order chi connectivity index (χ1) is 8.60. The van der Waals surface area contributed by atoms with E-state index in [1.807, 2.05) is 0 Å². The van der Waals surface area contributed by atoms with Gasteiger partial charge in [0.2, 0.25) is 0 Å². The summed E-state index contributed by atoms with van der Waals surface area (Å²) in [5.74, 6) is -0.476. The smallest absolute Gasteiger partial charge is 0.129 e. The van der Waals surface area contributed by atoms with Crippen molar-refractivity contribution in [2.24, 2.45) is 5.92 Å². The summed E-state index contributed by atoms with van der Waals surface area (Å²) in [6.07, 6.45) is 2.04. The summed E-state index contributed by atoms with van der Waals surface area (Å²) in [6.45, 7) is 7.98. The highest BCUT2D eigenvalue weighted by atomic mass is 19.1. The Morgan fingerprint density at radius 1 is 1.22 bits per heavy atom. The van der Waals surface area contributed by atoms with E-state index in [0.29, 0.717) is 11.5 Å². The molecule has 3 heteroatoms. The highest BCUT2D eigenvalue weighted by molar-refractivity contribution is 5.23. The van der Waals surface area contributed by atoms with Gasteiger partial charge in [-0.15, -0.1) is 0 Å². The van der Waals surface area contributed by atoms with Gasteiger partial charge in [0, 0.05) is 18.5 Å². The summed E-state index contributed by atoms with van der Waals surface area (Å²) in [4.78, 5) is 0. The average Bonchev–Trinajstić information content (AvgIpc) is 2.35. The summed E-state index contributed by atoms with van der Waals surface area (Å²) < 4.78 is 26.8. The molecule has 1 aromatic carbocycles. The number of hydrogen-bond acceptors (Lipinski definition) is 1. The van der Waals surface area contributed by atoms with Gasteiger partial charge in [0.15, 0.2) is 0 Å². The first-order valence-corrected chi connectivity index (χ1v) is 6.75. The van der Waals surface area contributed by atoms with Crippen LogP contribution in [0.25, 0.3) is 0 Å². The van der Waals surface area contributed by atoms with Crippen molar-refractivity contribution in [1.29, 1.82) is 0 Å². The number of benzene rings is 1. The summed E-state index contributed by atoms with van der Waals surface area (Å²) in [5.41, 5.74) is 0.620. The van der Waals surface area contributed by atoms with E-state index in [9.17, 15) is 8.78 Å². The number of halogens is 2. The van der Waals surface area contributed by atoms with Crippen molar-refractivity contribution in [2.45, 2.75) is 39.5 Å². The molecule has 0 spiro atoms. The molecule has 18 heavy (non-hydrogen) atoms. The summed E-state index contributed by atoms with van der Waals surface area (Å²) in [5, 5.41) is 3.33. The van der Waals surface area contributed by atoms with Gasteiger partial charge in [0.25, 0.3) is 0 Å². The summed E-state index contributed by atoms with van der Waals surface area (Å²) in [7, 11) is 0. The molecule has 1 rings (SSSR count). The highest BCUT2D eigenvalue weighted by Gasteiger charge is 2.21. The van der Waals surface area contributed by atoms with Crippen molar-refractivity contribution < 1.29 is 8.78 Å². The van der Waals surface area contributed by atoms with E-state index in [2.05, 4.69) is 26.1 Å². The largest absolute Gasteiger partial charge is 0.316 e. The average molecular weight is 255 g/mol. The Kier molecular flexibility index (Phi) is 6.27. The monoisotopic (exact) mass is 255 g/mol. The molecule has 0 fully saturated rings. The fourth-order valence-corrected chi connectivity index (χ4v) is 2.14. The van der Waals surface area contributed by atoms with Crippen LogP contribution in [0.5, 0.6) is 0 Å². The predicted octanol–water partition coefficient (Wildman–Crippen LogP) is 4.09. The molecule has 1 nitrogen and oxygen atoms in total. The van der Waals surface area contributed by atoms with Crippen LogP contribution in [0.3, 0.4) is 0 Å². The molecule has 0 saturated carbocycles. The minimum absolute atomic E-state index is 0.0992. The Bertz CT molecular complexity index is 366. The van der Waals surface area contributed by atoms with E-state index in [-0.39, 0.29) is 5.92 Å². The maximum absolute atomic E-state index is 13.8. The normalized spacial score (nSPS) is 14.5. The lowest BCUT2D eigenvalue weighted by Gasteiger charge is -2.24. The second-order valence-electron chi connectivity index (χ2n) is 4.86. The lowest BCUT2D eigenvalue weighted by molar-refractivity contribution is 0.406. The van der Waals surface area contributed by atoms with Crippen LogP contribution in [0.2, 0.25) is 0 Å². The molecule has 0 bridgehead atoms. The molecule has 0 aliphatic carbocycles. The van der Waals surface area contributed by atoms with Crippen LogP contribution in [0.1, 0.15) is 45.1 Å². The third-order valence-corrected chi connectivity index (χ3v) is 3.48. The molecule has 0 saturated heterocycles. The minimum atomic E-state index is -0.513. The third-order valence-electron chi connectivity index (χ3n) is 3.48. The molecule has 2 atom stereocenters. The van der Waals surface area contributed by atoms with Gasteiger partial charge < -0.3 is 5.32 Å². The van der Waals surface area contributed by atoms with Gasteiger partial charge in [-0.1, -0.05) is 33.3 Å². The fraction of sp³-hybridized carbons (Fsp3) is 0.600. The van der Waals surface area contributed by atoms with E-state index in [4.69, 9.17) is 0 Å². The Balaban J connectivity index is 2.87. The van der Waals surface area contributed by atoms with E-state index in [1.54, 1.807) is 6.07 Å². The molecule has 0 heterocycles. The van der Waals surface area contributed by atoms with Gasteiger partial charge in [-0.05, 0) is 30.5 Å². The molecule has 0 aliphatic heterocycles. The van der Waals surface area contributed by atoms with E-state index < -0.39 is 11.6 Å². The van der Waals surface area contributed by atoms with Gasteiger partial charge in [0.1, 0.15) is 11.6 Å². The summed E-state index contributed by atoms with van der Waals surface area (Å²) in [6, 6.07) is 3.90. The van der Waals surface area contributed by atoms with Crippen LogP contribution in [-0.2, 0) is 0 Å². The van der Waals surface area contributed by atoms with E-state index in [0.717, 1.165) is 32.0 Å². The molecular weight excluding hydrogens is 232 g/mol. The molecule has 0 radical (unpaired) electrons. The second-order valence-corrected chi connectivity index (χ2v) is 4.86. The molecule has 0 aliphatic rings. The second kappa shape index (κ2) is 7.47. The molecular formula is C15H23F2N. The van der Waals surface area contributed by atoms with Gasteiger partial charge in [0.05, 0.1) is 0 Å². The zero-order valence-electron chi connectivity index (χ0n) is 11.5. The molecule has 1 aromatic rings. The highest BCUT2D eigenvalue weighted by Crippen LogP contribution is 2.28. The van der Waals surface area contributed by atoms with Crippen LogP contribution >= 0.6 is 0 Å². The van der Waals surface area contributed by atoms with Crippen molar-refractivity contribution >= 4 is 0 Å². The third kappa shape index (κ3) is 4.05. The molecule has 102 valence electrons. The first-order valence-electron chi connectivity index (χ1n) is 6.75. The summed E-state index contributed by atoms with van der Waals surface area (Å²) >= 11 is 0. The zero-order valence-corrected chi connectivity index (χ0v) is 11.5. The van der Waals surface area contributed by atoms with Gasteiger partial charge >= 0.3 is 0 Å². The quantitative estimate of drug-likeness (QED) is 0.723. The van der Waals surface area contributed by atoms with Crippen LogP contribution in [0.4, 0.5) is 8.78 Å². The van der Waals surface area contributed by atoms with Crippen LogP contribution in [-0.4, -0.2) is 13.1 Å². The number of hydrogen-bond donors (Lipinski definition) is 1. The molecule has 0 amide bonds. The Morgan fingerprint density at radius 2 is 1.94 bits per heavy atom. The zero-order chi connectivity index (χ0) is 13.5. The Morgan fingerprint density at radius 3 is 2.50 bits per heavy atom. The fourth-order valence-electron chi connectivity index (χ4n) is 2.14.